The fourth-order valence-corrected chi connectivity index (χ4v) is 4.05. The highest BCUT2D eigenvalue weighted by Crippen LogP contribution is 2.31. The molecule has 1 aliphatic carbocycles. The summed E-state index contributed by atoms with van der Waals surface area (Å²) in [6.07, 6.45) is 6.75. The molecule has 1 fully saturated rings. The predicted octanol–water partition coefficient (Wildman–Crippen LogP) is 5.72. The highest BCUT2D eigenvalue weighted by molar-refractivity contribution is 6.11. The van der Waals surface area contributed by atoms with Gasteiger partial charge in [0.1, 0.15) is 5.75 Å². The van der Waals surface area contributed by atoms with Gasteiger partial charge in [0.15, 0.2) is 5.69 Å². The number of carbonyl (C=O) groups is 2. The largest absolute Gasteiger partial charge is 0.439 e. The van der Waals surface area contributed by atoms with Gasteiger partial charge in [-0.25, -0.2) is 4.98 Å². The summed E-state index contributed by atoms with van der Waals surface area (Å²) >= 11 is 0. The number of ether oxygens (including phenoxy) is 1. The summed E-state index contributed by atoms with van der Waals surface area (Å²) in [4.78, 5) is 33.8. The number of carbonyl (C=O) groups excluding carboxylic acids is 2. The van der Waals surface area contributed by atoms with Crippen LogP contribution in [0.4, 0.5) is 11.4 Å². The first kappa shape index (κ1) is 23.4. The number of benzene rings is 2. The van der Waals surface area contributed by atoms with Crippen molar-refractivity contribution in [3.8, 4) is 22.8 Å². The summed E-state index contributed by atoms with van der Waals surface area (Å²) in [5.41, 5.74) is 4.96. The van der Waals surface area contributed by atoms with Gasteiger partial charge in [0.2, 0.25) is 11.8 Å². The fourth-order valence-electron chi connectivity index (χ4n) is 4.05. The molecule has 38 heavy (non-hydrogen) atoms. The topological polar surface area (TPSA) is 122 Å². The minimum absolute atomic E-state index is 0.0254. The van der Waals surface area contributed by atoms with E-state index in [-0.39, 0.29) is 23.4 Å². The van der Waals surface area contributed by atoms with Crippen molar-refractivity contribution >= 4 is 34.1 Å². The van der Waals surface area contributed by atoms with Gasteiger partial charge in [-0.3, -0.25) is 19.7 Å². The Morgan fingerprint density at radius 1 is 0.895 bits per heavy atom. The number of hydrogen-bond donors (Lipinski definition) is 3. The number of rotatable bonds is 7. The molecule has 0 atom stereocenters. The van der Waals surface area contributed by atoms with Crippen molar-refractivity contribution in [1.29, 1.82) is 0 Å². The van der Waals surface area contributed by atoms with Crippen LogP contribution in [0.1, 0.15) is 28.9 Å². The van der Waals surface area contributed by atoms with Crippen LogP contribution in [0.2, 0.25) is 0 Å². The predicted molar refractivity (Wildman–Crippen MR) is 144 cm³/mol. The van der Waals surface area contributed by atoms with E-state index >= 15 is 0 Å². The molecule has 0 radical (unpaired) electrons. The van der Waals surface area contributed by atoms with E-state index in [0.29, 0.717) is 28.4 Å². The van der Waals surface area contributed by atoms with Gasteiger partial charge in [-0.2, -0.15) is 5.10 Å². The average molecular weight is 505 g/mol. The second kappa shape index (κ2) is 9.78. The molecule has 0 saturated heterocycles. The molecule has 0 unspecified atom stereocenters. The minimum atomic E-state index is -0.369. The highest BCUT2D eigenvalue weighted by Gasteiger charge is 2.29. The lowest BCUT2D eigenvalue weighted by atomic mass is 10.0. The van der Waals surface area contributed by atoms with Crippen LogP contribution >= 0.6 is 0 Å². The molecule has 3 N–H and O–H groups in total. The normalized spacial score (nSPS) is 12.8. The van der Waals surface area contributed by atoms with E-state index in [1.54, 1.807) is 24.5 Å². The molecule has 9 heteroatoms. The quantitative estimate of drug-likeness (QED) is 0.261. The van der Waals surface area contributed by atoms with E-state index in [1.807, 2.05) is 55.5 Å². The summed E-state index contributed by atoms with van der Waals surface area (Å²) in [6, 6.07) is 18.6. The van der Waals surface area contributed by atoms with Crippen molar-refractivity contribution in [1.82, 2.24) is 20.2 Å². The molecule has 1 aliphatic rings. The second-order valence-electron chi connectivity index (χ2n) is 9.31. The van der Waals surface area contributed by atoms with Crippen LogP contribution in [0, 0.1) is 12.8 Å². The Morgan fingerprint density at radius 3 is 2.50 bits per heavy atom. The molecule has 188 valence electrons. The summed E-state index contributed by atoms with van der Waals surface area (Å²) in [5, 5.41) is 13.6. The van der Waals surface area contributed by atoms with E-state index in [2.05, 4.69) is 30.8 Å². The van der Waals surface area contributed by atoms with Crippen molar-refractivity contribution in [2.45, 2.75) is 19.8 Å². The third-order valence-corrected chi connectivity index (χ3v) is 6.30. The molecule has 5 aromatic rings. The molecule has 0 bridgehead atoms. The van der Waals surface area contributed by atoms with Gasteiger partial charge in [0, 0.05) is 29.1 Å². The molecule has 9 nitrogen and oxygen atoms in total. The zero-order chi connectivity index (χ0) is 26.1. The third kappa shape index (κ3) is 5.08. The van der Waals surface area contributed by atoms with Crippen molar-refractivity contribution in [3.63, 3.8) is 0 Å². The van der Waals surface area contributed by atoms with E-state index in [9.17, 15) is 9.59 Å². The summed E-state index contributed by atoms with van der Waals surface area (Å²) in [6.45, 7) is 2.01. The number of fused-ring (bicyclic) bond motifs is 1. The zero-order valence-electron chi connectivity index (χ0n) is 20.6. The number of amides is 2. The van der Waals surface area contributed by atoms with Crippen LogP contribution in [0.5, 0.6) is 11.6 Å². The molecule has 3 aromatic heterocycles. The van der Waals surface area contributed by atoms with Crippen LogP contribution in [-0.4, -0.2) is 32.0 Å². The number of aryl methyl sites for hydroxylation is 1. The molecule has 2 aromatic carbocycles. The Hall–Kier alpha value is -5.05. The lowest BCUT2D eigenvalue weighted by Crippen LogP contribution is -2.13. The monoisotopic (exact) mass is 504 g/mol. The molecule has 1 saturated carbocycles. The van der Waals surface area contributed by atoms with E-state index in [1.165, 1.54) is 6.20 Å². The molecule has 3 heterocycles. The Balaban J connectivity index is 1.18. The molecule has 0 aliphatic heterocycles. The lowest BCUT2D eigenvalue weighted by Gasteiger charge is -2.08. The van der Waals surface area contributed by atoms with Gasteiger partial charge in [-0.1, -0.05) is 23.8 Å². The van der Waals surface area contributed by atoms with Gasteiger partial charge in [0.05, 0.1) is 29.3 Å². The molecule has 2 amide bonds. The van der Waals surface area contributed by atoms with Crippen LogP contribution in [0.15, 0.2) is 79.3 Å². The van der Waals surface area contributed by atoms with Crippen molar-refractivity contribution in [2.75, 3.05) is 10.6 Å². The van der Waals surface area contributed by atoms with Gasteiger partial charge < -0.3 is 15.4 Å². The van der Waals surface area contributed by atoms with E-state index in [0.717, 1.165) is 35.0 Å². The second-order valence-corrected chi connectivity index (χ2v) is 9.31. The molecular weight excluding hydrogens is 480 g/mol. The summed E-state index contributed by atoms with van der Waals surface area (Å²) < 4.78 is 5.75. The zero-order valence-corrected chi connectivity index (χ0v) is 20.6. The lowest BCUT2D eigenvalue weighted by molar-refractivity contribution is -0.117. The Bertz CT molecular complexity index is 1640. The maximum Gasteiger partial charge on any atom is 0.276 e. The first-order chi connectivity index (χ1) is 18.5. The van der Waals surface area contributed by atoms with Gasteiger partial charge in [-0.05, 0) is 61.7 Å². The standard InChI is InChI=1S/C29H24N6O3/c1-17-2-8-23(9-3-17)38-26-11-7-21(16-31-26)32-29(37)27-24-13-19(6-10-25(24)34-35-27)20-12-22(15-30-14-20)33-28(36)18-4-5-18/h2-3,6-16,18H,4-5H2,1H3,(H,32,37)(H,33,36)(H,34,35). The number of aromatic amines is 1. The van der Waals surface area contributed by atoms with E-state index in [4.69, 9.17) is 4.74 Å². The third-order valence-electron chi connectivity index (χ3n) is 6.30. The van der Waals surface area contributed by atoms with Crippen molar-refractivity contribution in [3.05, 3.63) is 90.5 Å². The number of anilines is 2. The first-order valence-electron chi connectivity index (χ1n) is 12.3. The molecular formula is C29H24N6O3. The van der Waals surface area contributed by atoms with E-state index < -0.39 is 0 Å². The maximum absolute atomic E-state index is 13.1. The molecule has 6 rings (SSSR count). The fraction of sp³-hybridized carbons (Fsp3) is 0.138. The van der Waals surface area contributed by atoms with Gasteiger partial charge in [0.25, 0.3) is 5.91 Å². The maximum atomic E-state index is 13.1. The van der Waals surface area contributed by atoms with Crippen LogP contribution in [0.25, 0.3) is 22.0 Å². The number of H-pyrrole nitrogens is 1. The number of nitrogens with one attached hydrogen (secondary N) is 3. The highest BCUT2D eigenvalue weighted by atomic mass is 16.5. The van der Waals surface area contributed by atoms with Crippen LogP contribution < -0.4 is 15.4 Å². The van der Waals surface area contributed by atoms with Crippen LogP contribution in [0.3, 0.4) is 0 Å². The van der Waals surface area contributed by atoms with Gasteiger partial charge >= 0.3 is 0 Å². The van der Waals surface area contributed by atoms with Crippen LogP contribution in [-0.2, 0) is 4.79 Å². The first-order valence-corrected chi connectivity index (χ1v) is 12.3. The number of nitrogens with zero attached hydrogens (tertiary/aromatic N) is 3. The smallest absolute Gasteiger partial charge is 0.276 e. The Labute approximate surface area is 218 Å². The summed E-state index contributed by atoms with van der Waals surface area (Å²) in [7, 11) is 0. The number of aromatic nitrogens is 4. The van der Waals surface area contributed by atoms with Crippen molar-refractivity contribution < 1.29 is 14.3 Å². The number of pyridine rings is 2. The Kier molecular flexibility index (Phi) is 6.01. The Morgan fingerprint density at radius 2 is 1.74 bits per heavy atom. The molecule has 0 spiro atoms. The average Bonchev–Trinajstić information content (AvgIpc) is 3.70. The van der Waals surface area contributed by atoms with Gasteiger partial charge in [-0.15, -0.1) is 0 Å². The van der Waals surface area contributed by atoms with Crippen molar-refractivity contribution in [2.24, 2.45) is 5.92 Å². The SMILES string of the molecule is Cc1ccc(Oc2ccc(NC(=O)c3n[nH]c4ccc(-c5cncc(NC(=O)C6CC6)c5)cc34)cn2)cc1. The number of hydrogen-bond acceptors (Lipinski definition) is 6. The minimum Gasteiger partial charge on any atom is -0.439 e. The summed E-state index contributed by atoms with van der Waals surface area (Å²) in [5.74, 6) is 0.869.